The van der Waals surface area contributed by atoms with Gasteiger partial charge in [-0.05, 0) is 71.7 Å². The lowest BCUT2D eigenvalue weighted by Gasteiger charge is -2.09. The molecule has 28 heavy (non-hydrogen) atoms. The maximum Gasteiger partial charge on any atom is 0.291 e. The van der Waals surface area contributed by atoms with Gasteiger partial charge in [-0.1, -0.05) is 6.07 Å². The minimum absolute atomic E-state index is 0.108. The van der Waals surface area contributed by atoms with E-state index in [4.69, 9.17) is 4.42 Å². The highest BCUT2D eigenvalue weighted by Crippen LogP contribution is 2.17. The van der Waals surface area contributed by atoms with Gasteiger partial charge in [0.2, 0.25) is 0 Å². The number of carbonyl (C=O) groups is 2. The van der Waals surface area contributed by atoms with Gasteiger partial charge in [0.15, 0.2) is 10.4 Å². The highest BCUT2D eigenvalue weighted by Gasteiger charge is 2.13. The SMILES string of the molecule is Cc1cc(C)c(CNC(=O)c2cccc(NC(=O)c3ccc(Br)o3)c2)c(=O)[nH]1. The zero-order chi connectivity index (χ0) is 20.3. The Hall–Kier alpha value is -3.13. The molecule has 0 spiro atoms. The molecule has 7 nitrogen and oxygen atoms in total. The number of pyridine rings is 1. The van der Waals surface area contributed by atoms with Crippen LogP contribution in [0.15, 0.2) is 56.3 Å². The minimum Gasteiger partial charge on any atom is -0.444 e. The van der Waals surface area contributed by atoms with Gasteiger partial charge < -0.3 is 20.0 Å². The van der Waals surface area contributed by atoms with E-state index in [1.165, 1.54) is 6.07 Å². The molecule has 3 N–H and O–H groups in total. The van der Waals surface area contributed by atoms with E-state index in [9.17, 15) is 14.4 Å². The van der Waals surface area contributed by atoms with Crippen molar-refractivity contribution in [3.8, 4) is 0 Å². The predicted octanol–water partition coefficient (Wildman–Crippen LogP) is 3.53. The third-order valence-corrected chi connectivity index (χ3v) is 4.53. The van der Waals surface area contributed by atoms with E-state index >= 15 is 0 Å². The first-order valence-electron chi connectivity index (χ1n) is 8.48. The van der Waals surface area contributed by atoms with Crippen LogP contribution in [0.1, 0.15) is 37.7 Å². The normalized spacial score (nSPS) is 10.5. The monoisotopic (exact) mass is 443 g/mol. The number of aryl methyl sites for hydroxylation is 2. The van der Waals surface area contributed by atoms with E-state index < -0.39 is 5.91 Å². The fraction of sp³-hybridized carbons (Fsp3) is 0.150. The number of halogens is 1. The highest BCUT2D eigenvalue weighted by atomic mass is 79.9. The molecule has 2 aromatic heterocycles. The van der Waals surface area contributed by atoms with E-state index in [1.54, 1.807) is 37.3 Å². The number of anilines is 1. The Morgan fingerprint density at radius 2 is 1.89 bits per heavy atom. The predicted molar refractivity (Wildman–Crippen MR) is 109 cm³/mol. The van der Waals surface area contributed by atoms with Crippen molar-refractivity contribution in [1.29, 1.82) is 0 Å². The Balaban J connectivity index is 1.69. The second-order valence-electron chi connectivity index (χ2n) is 6.26. The summed E-state index contributed by atoms with van der Waals surface area (Å²) in [5, 5.41) is 5.41. The van der Waals surface area contributed by atoms with Gasteiger partial charge in [-0.3, -0.25) is 14.4 Å². The number of aromatic nitrogens is 1. The van der Waals surface area contributed by atoms with Crippen LogP contribution >= 0.6 is 15.9 Å². The number of hydrogen-bond acceptors (Lipinski definition) is 4. The zero-order valence-corrected chi connectivity index (χ0v) is 16.8. The standard InChI is InChI=1S/C20H18BrN3O4/c1-11-8-12(2)23-19(26)15(11)10-22-18(25)13-4-3-5-14(9-13)24-20(27)16-6-7-17(21)28-16/h3-9H,10H2,1-2H3,(H,22,25)(H,23,26)(H,24,27). The fourth-order valence-electron chi connectivity index (χ4n) is 2.74. The highest BCUT2D eigenvalue weighted by molar-refractivity contribution is 9.10. The summed E-state index contributed by atoms with van der Waals surface area (Å²) < 4.78 is 5.66. The molecular weight excluding hydrogens is 426 g/mol. The van der Waals surface area contributed by atoms with Gasteiger partial charge in [-0.2, -0.15) is 0 Å². The molecule has 2 heterocycles. The Morgan fingerprint density at radius 1 is 1.11 bits per heavy atom. The van der Waals surface area contributed by atoms with E-state index in [1.807, 2.05) is 13.0 Å². The second-order valence-corrected chi connectivity index (χ2v) is 7.05. The number of furan rings is 1. The lowest BCUT2D eigenvalue weighted by Crippen LogP contribution is -2.28. The van der Waals surface area contributed by atoms with Gasteiger partial charge in [0.1, 0.15) is 0 Å². The van der Waals surface area contributed by atoms with Crippen LogP contribution < -0.4 is 16.2 Å². The second kappa shape index (κ2) is 8.26. The van der Waals surface area contributed by atoms with Crippen LogP contribution in [0.25, 0.3) is 0 Å². The molecule has 0 atom stereocenters. The number of H-pyrrole nitrogens is 1. The van der Waals surface area contributed by atoms with E-state index in [0.29, 0.717) is 21.5 Å². The Bertz CT molecular complexity index is 1100. The van der Waals surface area contributed by atoms with Crippen molar-refractivity contribution in [2.24, 2.45) is 0 Å². The first kappa shape index (κ1) is 19.6. The van der Waals surface area contributed by atoms with Crippen LogP contribution in [0.3, 0.4) is 0 Å². The molecule has 0 aliphatic carbocycles. The summed E-state index contributed by atoms with van der Waals surface area (Å²) in [6, 6.07) is 11.5. The molecule has 0 bridgehead atoms. The van der Waals surface area contributed by atoms with E-state index in [0.717, 1.165) is 11.3 Å². The summed E-state index contributed by atoms with van der Waals surface area (Å²) in [5.41, 5.74) is 2.68. The molecule has 1 aromatic carbocycles. The van der Waals surface area contributed by atoms with Crippen LogP contribution in [0.4, 0.5) is 5.69 Å². The first-order chi connectivity index (χ1) is 13.3. The summed E-state index contributed by atoms with van der Waals surface area (Å²) in [7, 11) is 0. The van der Waals surface area contributed by atoms with Crippen LogP contribution in [-0.2, 0) is 6.54 Å². The van der Waals surface area contributed by atoms with Crippen molar-refractivity contribution in [3.63, 3.8) is 0 Å². The molecular formula is C20H18BrN3O4. The van der Waals surface area contributed by atoms with Gasteiger partial charge in [-0.25, -0.2) is 0 Å². The average Bonchev–Trinajstić information content (AvgIpc) is 3.07. The Labute approximate surface area is 169 Å². The Kier molecular flexibility index (Phi) is 5.79. The number of aromatic amines is 1. The molecule has 0 aliphatic heterocycles. The molecule has 0 fully saturated rings. The molecule has 0 saturated heterocycles. The molecule has 0 saturated carbocycles. The van der Waals surface area contributed by atoms with Crippen LogP contribution in [0, 0.1) is 13.8 Å². The largest absolute Gasteiger partial charge is 0.444 e. The van der Waals surface area contributed by atoms with Crippen molar-refractivity contribution in [1.82, 2.24) is 10.3 Å². The number of carbonyl (C=O) groups excluding carboxylic acids is 2. The molecule has 0 aliphatic rings. The lowest BCUT2D eigenvalue weighted by atomic mass is 10.1. The van der Waals surface area contributed by atoms with Crippen LogP contribution in [0.2, 0.25) is 0 Å². The molecule has 0 radical (unpaired) electrons. The van der Waals surface area contributed by atoms with Crippen molar-refractivity contribution in [3.05, 3.63) is 85.6 Å². The van der Waals surface area contributed by atoms with Crippen molar-refractivity contribution < 1.29 is 14.0 Å². The van der Waals surface area contributed by atoms with Crippen molar-refractivity contribution >= 4 is 33.4 Å². The smallest absolute Gasteiger partial charge is 0.291 e. The number of benzene rings is 1. The fourth-order valence-corrected chi connectivity index (χ4v) is 3.05. The van der Waals surface area contributed by atoms with Crippen molar-refractivity contribution in [2.45, 2.75) is 20.4 Å². The lowest BCUT2D eigenvalue weighted by molar-refractivity contribution is 0.0948. The van der Waals surface area contributed by atoms with E-state index in [2.05, 4.69) is 31.5 Å². The summed E-state index contributed by atoms with van der Waals surface area (Å²) in [6.07, 6.45) is 0. The molecule has 3 aromatic rings. The van der Waals surface area contributed by atoms with Gasteiger partial charge in [0.05, 0.1) is 0 Å². The van der Waals surface area contributed by atoms with Gasteiger partial charge in [0, 0.05) is 29.1 Å². The third-order valence-electron chi connectivity index (χ3n) is 4.10. The van der Waals surface area contributed by atoms with E-state index in [-0.39, 0.29) is 23.8 Å². The summed E-state index contributed by atoms with van der Waals surface area (Å²) in [4.78, 5) is 39.4. The summed E-state index contributed by atoms with van der Waals surface area (Å²) >= 11 is 3.14. The van der Waals surface area contributed by atoms with Gasteiger partial charge in [0.25, 0.3) is 17.4 Å². The number of hydrogen-bond donors (Lipinski definition) is 3. The summed E-state index contributed by atoms with van der Waals surface area (Å²) in [6.45, 7) is 3.74. The molecule has 8 heteroatoms. The first-order valence-corrected chi connectivity index (χ1v) is 9.27. The molecule has 0 unspecified atom stereocenters. The molecule has 144 valence electrons. The van der Waals surface area contributed by atoms with Crippen molar-refractivity contribution in [2.75, 3.05) is 5.32 Å². The maximum absolute atomic E-state index is 12.5. The minimum atomic E-state index is -0.426. The quantitative estimate of drug-likeness (QED) is 0.560. The maximum atomic E-state index is 12.5. The molecule has 2 amide bonds. The van der Waals surface area contributed by atoms with Crippen LogP contribution in [-0.4, -0.2) is 16.8 Å². The number of amides is 2. The zero-order valence-electron chi connectivity index (χ0n) is 15.3. The summed E-state index contributed by atoms with van der Waals surface area (Å²) in [5.74, 6) is -0.628. The Morgan fingerprint density at radius 3 is 2.57 bits per heavy atom. The molecule has 3 rings (SSSR count). The topological polar surface area (TPSA) is 104 Å². The van der Waals surface area contributed by atoms with Gasteiger partial charge in [-0.15, -0.1) is 0 Å². The van der Waals surface area contributed by atoms with Gasteiger partial charge >= 0.3 is 0 Å². The third kappa shape index (κ3) is 4.58. The number of rotatable bonds is 5. The average molecular weight is 444 g/mol. The number of nitrogens with one attached hydrogen (secondary N) is 3. The van der Waals surface area contributed by atoms with Crippen LogP contribution in [0.5, 0.6) is 0 Å².